The molecule has 0 fully saturated rings. The van der Waals surface area contributed by atoms with Crippen molar-refractivity contribution in [2.24, 2.45) is 0 Å². The molecule has 1 atom stereocenters. The first-order chi connectivity index (χ1) is 14.8. The molecule has 3 aliphatic rings. The van der Waals surface area contributed by atoms with Gasteiger partial charge in [-0.15, -0.1) is 5.10 Å². The van der Waals surface area contributed by atoms with Gasteiger partial charge in [-0.2, -0.15) is 9.94 Å². The fourth-order valence-corrected chi connectivity index (χ4v) is 4.38. The number of anilines is 1. The number of ether oxygens (including phenoxy) is 1. The van der Waals surface area contributed by atoms with Gasteiger partial charge >= 0.3 is 5.88 Å². The van der Waals surface area contributed by atoms with Crippen molar-refractivity contribution in [3.63, 3.8) is 0 Å². The number of nitrogens with one attached hydrogen (secondary N) is 1. The Kier molecular flexibility index (Phi) is 4.69. The van der Waals surface area contributed by atoms with Crippen molar-refractivity contribution >= 4 is 17.7 Å². The van der Waals surface area contributed by atoms with E-state index in [-0.39, 0.29) is 4.65 Å². The van der Waals surface area contributed by atoms with Crippen molar-refractivity contribution in [1.29, 1.82) is 0 Å². The summed E-state index contributed by atoms with van der Waals surface area (Å²) < 4.78 is 5.85. The SMILES string of the molecule is COC1=CC2=C(C=CCC2)C2=c3c(NCCc4ccccn4)nncc3=C[N+]12OC. The summed E-state index contributed by atoms with van der Waals surface area (Å²) in [5.74, 6) is 1.48. The molecule has 152 valence electrons. The quantitative estimate of drug-likeness (QED) is 0.745. The Balaban J connectivity index is 1.63. The van der Waals surface area contributed by atoms with Crippen LogP contribution in [0.15, 0.2) is 65.9 Å². The first-order valence-electron chi connectivity index (χ1n) is 10.1. The average molecular weight is 402 g/mol. The number of methoxy groups -OCH3 is 1. The molecule has 5 rings (SSSR count). The molecular weight excluding hydrogens is 378 g/mol. The highest BCUT2D eigenvalue weighted by Crippen LogP contribution is 2.43. The number of rotatable bonds is 6. The first kappa shape index (κ1) is 18.7. The standard InChI is InChI=1S/C23H24N5O2/c1-29-20-13-16-7-3-4-9-19(16)22-21-17(15-28(20,22)30-2)14-26-27-23(21)25-12-10-18-8-5-6-11-24-18/h4-6,8-9,11,13-15H,3,7,10,12H2,1-2H3,(H,25,27)/q+1. The molecule has 30 heavy (non-hydrogen) atoms. The highest BCUT2D eigenvalue weighted by atomic mass is 16.7. The largest absolute Gasteiger partial charge is 0.452 e. The predicted molar refractivity (Wildman–Crippen MR) is 113 cm³/mol. The maximum absolute atomic E-state index is 6.06. The zero-order valence-corrected chi connectivity index (χ0v) is 17.1. The number of nitrogens with zero attached hydrogens (tertiary/aromatic N) is 4. The zero-order chi connectivity index (χ0) is 20.6. The molecule has 2 aliphatic heterocycles. The van der Waals surface area contributed by atoms with Crippen molar-refractivity contribution < 1.29 is 14.2 Å². The number of quaternary nitrogens is 1. The maximum atomic E-state index is 6.06. The van der Waals surface area contributed by atoms with Gasteiger partial charge < -0.3 is 10.1 Å². The summed E-state index contributed by atoms with van der Waals surface area (Å²) in [5, 5.41) is 14.1. The lowest BCUT2D eigenvalue weighted by molar-refractivity contribution is -0.962. The maximum Gasteiger partial charge on any atom is 0.335 e. The van der Waals surface area contributed by atoms with Crippen molar-refractivity contribution in [1.82, 2.24) is 15.2 Å². The van der Waals surface area contributed by atoms with Crippen LogP contribution in [0.2, 0.25) is 0 Å². The minimum Gasteiger partial charge on any atom is -0.452 e. The lowest BCUT2D eigenvalue weighted by Gasteiger charge is -2.34. The summed E-state index contributed by atoms with van der Waals surface area (Å²) in [5.41, 5.74) is 4.48. The second kappa shape index (κ2) is 7.51. The van der Waals surface area contributed by atoms with Crippen LogP contribution < -0.4 is 15.8 Å². The van der Waals surface area contributed by atoms with E-state index in [0.29, 0.717) is 6.54 Å². The van der Waals surface area contributed by atoms with Gasteiger partial charge in [0.25, 0.3) is 0 Å². The van der Waals surface area contributed by atoms with E-state index in [1.807, 2.05) is 30.6 Å². The topological polar surface area (TPSA) is 69.2 Å². The number of hydroxylamine groups is 3. The number of hydrogen-bond donors (Lipinski definition) is 1. The van der Waals surface area contributed by atoms with Crippen LogP contribution in [0.3, 0.4) is 0 Å². The molecule has 0 saturated carbocycles. The van der Waals surface area contributed by atoms with Gasteiger partial charge in [-0.1, -0.05) is 22.9 Å². The number of pyridine rings is 1. The summed E-state index contributed by atoms with van der Waals surface area (Å²) in [7, 11) is 3.38. The Morgan fingerprint density at radius 2 is 2.17 bits per heavy atom. The van der Waals surface area contributed by atoms with E-state index in [9.17, 15) is 0 Å². The van der Waals surface area contributed by atoms with Gasteiger partial charge in [0.05, 0.1) is 30.9 Å². The van der Waals surface area contributed by atoms with Crippen LogP contribution in [-0.4, -0.2) is 40.6 Å². The van der Waals surface area contributed by atoms with Crippen molar-refractivity contribution in [3.05, 3.63) is 82.0 Å². The van der Waals surface area contributed by atoms with E-state index in [1.54, 1.807) is 20.4 Å². The average Bonchev–Trinajstić information content (AvgIpc) is 3.16. The second-order valence-corrected chi connectivity index (χ2v) is 7.41. The van der Waals surface area contributed by atoms with E-state index in [1.165, 1.54) is 11.1 Å². The van der Waals surface area contributed by atoms with Crippen molar-refractivity contribution in [2.75, 3.05) is 26.1 Å². The third-order valence-electron chi connectivity index (χ3n) is 5.76. The summed E-state index contributed by atoms with van der Waals surface area (Å²) >= 11 is 0. The van der Waals surface area contributed by atoms with Gasteiger partial charge in [0.1, 0.15) is 0 Å². The lowest BCUT2D eigenvalue weighted by atomic mass is 9.91. The Morgan fingerprint density at radius 1 is 1.23 bits per heavy atom. The van der Waals surface area contributed by atoms with Gasteiger partial charge in [-0.25, -0.2) is 0 Å². The van der Waals surface area contributed by atoms with Gasteiger partial charge in [-0.05, 0) is 30.5 Å². The van der Waals surface area contributed by atoms with E-state index in [4.69, 9.17) is 9.57 Å². The van der Waals surface area contributed by atoms with Gasteiger partial charge in [0, 0.05) is 36.5 Å². The summed E-state index contributed by atoms with van der Waals surface area (Å²) in [6, 6.07) is 5.95. The van der Waals surface area contributed by atoms with Crippen molar-refractivity contribution in [2.45, 2.75) is 19.3 Å². The molecule has 7 nitrogen and oxygen atoms in total. The highest BCUT2D eigenvalue weighted by Gasteiger charge is 2.49. The lowest BCUT2D eigenvalue weighted by Crippen LogP contribution is -2.42. The van der Waals surface area contributed by atoms with E-state index in [0.717, 1.165) is 52.8 Å². The smallest absolute Gasteiger partial charge is 0.335 e. The summed E-state index contributed by atoms with van der Waals surface area (Å²) in [6.07, 6.45) is 14.9. The fourth-order valence-electron chi connectivity index (χ4n) is 4.38. The second-order valence-electron chi connectivity index (χ2n) is 7.41. The first-order valence-corrected chi connectivity index (χ1v) is 10.1. The van der Waals surface area contributed by atoms with Gasteiger partial charge in [0.2, 0.25) is 0 Å². The molecule has 0 radical (unpaired) electrons. The van der Waals surface area contributed by atoms with Crippen LogP contribution in [0.5, 0.6) is 0 Å². The van der Waals surface area contributed by atoms with E-state index in [2.05, 4.69) is 38.7 Å². The fraction of sp³-hybridized carbons (Fsp3) is 0.261. The highest BCUT2D eigenvalue weighted by molar-refractivity contribution is 5.74. The molecule has 0 saturated heterocycles. The molecule has 2 aromatic heterocycles. The van der Waals surface area contributed by atoms with E-state index >= 15 is 0 Å². The third kappa shape index (κ3) is 2.86. The molecule has 2 aromatic rings. The van der Waals surface area contributed by atoms with Crippen LogP contribution >= 0.6 is 0 Å². The van der Waals surface area contributed by atoms with Crippen LogP contribution in [0, 0.1) is 0 Å². The molecular formula is C23H24N5O2+. The Bertz CT molecular complexity index is 1200. The third-order valence-corrected chi connectivity index (χ3v) is 5.76. The Labute approximate surface area is 174 Å². The van der Waals surface area contributed by atoms with Gasteiger partial charge in [-0.3, -0.25) is 4.98 Å². The predicted octanol–water partition coefficient (Wildman–Crippen LogP) is 1.91. The number of hydrogen-bond acceptors (Lipinski definition) is 6. The minimum atomic E-state index is 0.0668. The Hall–Kier alpha value is -3.29. The number of aromatic nitrogens is 3. The van der Waals surface area contributed by atoms with Crippen LogP contribution in [0.25, 0.3) is 11.9 Å². The summed E-state index contributed by atoms with van der Waals surface area (Å²) in [4.78, 5) is 10.5. The minimum absolute atomic E-state index is 0.0668. The molecule has 1 unspecified atom stereocenters. The molecule has 1 aliphatic carbocycles. The molecule has 1 N–H and O–H groups in total. The van der Waals surface area contributed by atoms with Crippen LogP contribution in [0.4, 0.5) is 5.82 Å². The number of allylic oxidation sites excluding steroid dienone is 3. The molecule has 0 aromatic carbocycles. The molecule has 0 spiro atoms. The van der Waals surface area contributed by atoms with Crippen LogP contribution in [0.1, 0.15) is 18.5 Å². The molecule has 4 heterocycles. The normalized spacial score (nSPS) is 21.4. The Morgan fingerprint density at radius 3 is 2.97 bits per heavy atom. The van der Waals surface area contributed by atoms with Crippen LogP contribution in [-0.2, 0) is 16.0 Å². The number of fused-ring (bicyclic) bond motifs is 3. The molecule has 0 bridgehead atoms. The van der Waals surface area contributed by atoms with Crippen molar-refractivity contribution in [3.8, 4) is 0 Å². The summed E-state index contributed by atoms with van der Waals surface area (Å²) in [6.45, 7) is 0.705. The zero-order valence-electron chi connectivity index (χ0n) is 17.1. The molecule has 7 heteroatoms. The van der Waals surface area contributed by atoms with Gasteiger partial charge in [0.15, 0.2) is 17.7 Å². The van der Waals surface area contributed by atoms with E-state index < -0.39 is 0 Å². The monoisotopic (exact) mass is 402 g/mol. The molecule has 0 amide bonds.